The molecule has 4 heteroatoms. The topological polar surface area (TPSA) is 18.5 Å². The lowest BCUT2D eigenvalue weighted by Gasteiger charge is -2.14. The molecular weight excluding hydrogens is 347 g/mol. The molecule has 0 aliphatic rings. The van der Waals surface area contributed by atoms with Crippen LogP contribution in [0.3, 0.4) is 0 Å². The number of hydrogen-bond acceptors (Lipinski definition) is 3. The predicted octanol–water partition coefficient (Wildman–Crippen LogP) is 4.61. The number of benzene rings is 1. The lowest BCUT2D eigenvalue weighted by atomic mass is 10.2. The van der Waals surface area contributed by atoms with E-state index in [4.69, 9.17) is 9.47 Å². The first-order valence-electron chi connectivity index (χ1n) is 5.46. The van der Waals surface area contributed by atoms with Gasteiger partial charge in [-0.3, -0.25) is 0 Å². The van der Waals surface area contributed by atoms with Gasteiger partial charge in [0.15, 0.2) is 11.5 Å². The number of fused-ring (bicyclic) bond motifs is 1. The third-order valence-corrected chi connectivity index (χ3v) is 5.33. The van der Waals surface area contributed by atoms with Gasteiger partial charge in [-0.05, 0) is 55.5 Å². The minimum atomic E-state index is 0.148. The molecule has 0 saturated carbocycles. The van der Waals surface area contributed by atoms with Gasteiger partial charge in [-0.15, -0.1) is 11.3 Å². The van der Waals surface area contributed by atoms with Gasteiger partial charge in [-0.25, -0.2) is 0 Å². The molecule has 0 amide bonds. The van der Waals surface area contributed by atoms with Crippen LogP contribution in [0.25, 0.3) is 10.1 Å². The first-order chi connectivity index (χ1) is 8.04. The van der Waals surface area contributed by atoms with Crippen molar-refractivity contribution in [2.45, 2.75) is 26.9 Å². The van der Waals surface area contributed by atoms with E-state index in [0.29, 0.717) is 0 Å². The average Bonchev–Trinajstić information content (AvgIpc) is 2.56. The van der Waals surface area contributed by atoms with Crippen molar-refractivity contribution in [1.82, 2.24) is 0 Å². The van der Waals surface area contributed by atoms with Crippen LogP contribution in [0.4, 0.5) is 0 Å². The number of halogens is 1. The maximum atomic E-state index is 5.90. The molecule has 0 unspecified atom stereocenters. The summed E-state index contributed by atoms with van der Waals surface area (Å²) in [5.74, 6) is 1.68. The summed E-state index contributed by atoms with van der Waals surface area (Å²) in [5, 5.41) is 1.25. The van der Waals surface area contributed by atoms with Gasteiger partial charge in [0, 0.05) is 13.8 Å². The number of rotatable bonds is 3. The second kappa shape index (κ2) is 5.02. The van der Waals surface area contributed by atoms with Crippen LogP contribution in [0.2, 0.25) is 0 Å². The molecule has 0 bridgehead atoms. The molecule has 0 saturated heterocycles. The van der Waals surface area contributed by atoms with Crippen molar-refractivity contribution < 1.29 is 9.47 Å². The molecule has 0 aliphatic carbocycles. The first kappa shape index (κ1) is 13.0. The highest BCUT2D eigenvalue weighted by atomic mass is 127. The van der Waals surface area contributed by atoms with Crippen LogP contribution in [0.5, 0.6) is 11.5 Å². The summed E-state index contributed by atoms with van der Waals surface area (Å²) in [6.45, 7) is 6.20. The molecule has 0 radical (unpaired) electrons. The molecule has 0 spiro atoms. The van der Waals surface area contributed by atoms with Crippen LogP contribution < -0.4 is 9.47 Å². The Hall–Kier alpha value is -0.490. The van der Waals surface area contributed by atoms with Crippen LogP contribution in [0, 0.1) is 10.5 Å². The number of thiophene rings is 1. The molecule has 0 atom stereocenters. The maximum Gasteiger partial charge on any atom is 0.179 e. The quantitative estimate of drug-likeness (QED) is 0.743. The molecule has 1 aromatic carbocycles. The highest BCUT2D eigenvalue weighted by Crippen LogP contribution is 2.43. The third-order valence-electron chi connectivity index (χ3n) is 2.45. The van der Waals surface area contributed by atoms with Crippen LogP contribution in [-0.2, 0) is 0 Å². The Bertz CT molecular complexity index is 546. The van der Waals surface area contributed by atoms with Crippen LogP contribution >= 0.6 is 33.9 Å². The van der Waals surface area contributed by atoms with Crippen molar-refractivity contribution in [2.75, 3.05) is 7.11 Å². The van der Waals surface area contributed by atoms with Crippen LogP contribution in [0.1, 0.15) is 18.7 Å². The number of hydrogen-bond donors (Lipinski definition) is 0. The lowest BCUT2D eigenvalue weighted by molar-refractivity contribution is 0.234. The summed E-state index contributed by atoms with van der Waals surface area (Å²) in [6, 6.07) is 4.08. The highest BCUT2D eigenvalue weighted by Gasteiger charge is 2.16. The Labute approximate surface area is 119 Å². The number of methoxy groups -OCH3 is 1. The molecule has 0 fully saturated rings. The van der Waals surface area contributed by atoms with E-state index in [9.17, 15) is 0 Å². The number of ether oxygens (including phenoxy) is 2. The summed E-state index contributed by atoms with van der Waals surface area (Å²) in [7, 11) is 1.68. The fraction of sp³-hybridized carbons (Fsp3) is 0.385. The zero-order valence-corrected chi connectivity index (χ0v) is 13.3. The zero-order valence-electron chi connectivity index (χ0n) is 10.3. The summed E-state index contributed by atoms with van der Waals surface area (Å²) in [5.41, 5.74) is 0. The normalized spacial score (nSPS) is 11.2. The zero-order chi connectivity index (χ0) is 12.6. The Kier molecular flexibility index (Phi) is 3.82. The Morgan fingerprint density at radius 2 is 2.00 bits per heavy atom. The molecule has 1 heterocycles. The molecule has 2 aromatic rings. The summed E-state index contributed by atoms with van der Waals surface area (Å²) in [6.07, 6.45) is 0.148. The summed E-state index contributed by atoms with van der Waals surface area (Å²) >= 11 is 4.15. The molecule has 92 valence electrons. The first-order valence-corrected chi connectivity index (χ1v) is 7.36. The molecular formula is C13H15IO2S. The van der Waals surface area contributed by atoms with Crippen LogP contribution in [-0.4, -0.2) is 13.2 Å². The number of aryl methyl sites for hydroxylation is 1. The fourth-order valence-corrected chi connectivity index (χ4v) is 3.70. The van der Waals surface area contributed by atoms with Gasteiger partial charge in [-0.1, -0.05) is 0 Å². The van der Waals surface area contributed by atoms with E-state index in [1.54, 1.807) is 18.4 Å². The van der Waals surface area contributed by atoms with Gasteiger partial charge in [0.2, 0.25) is 0 Å². The summed E-state index contributed by atoms with van der Waals surface area (Å²) in [4.78, 5) is 1.32. The minimum absolute atomic E-state index is 0.148. The van der Waals surface area contributed by atoms with E-state index < -0.39 is 0 Å². The Morgan fingerprint density at radius 1 is 1.29 bits per heavy atom. The second-order valence-corrected chi connectivity index (χ2v) is 6.42. The molecule has 17 heavy (non-hydrogen) atoms. The van der Waals surface area contributed by atoms with E-state index in [1.165, 1.54) is 18.5 Å². The SMILES string of the molecule is COc1ccc2c(I)c(C)sc2c1OC(C)C. The molecule has 0 N–H and O–H groups in total. The van der Waals surface area contributed by atoms with Crippen molar-refractivity contribution in [2.24, 2.45) is 0 Å². The molecule has 2 rings (SSSR count). The third kappa shape index (κ3) is 2.38. The van der Waals surface area contributed by atoms with Gasteiger partial charge < -0.3 is 9.47 Å². The van der Waals surface area contributed by atoms with E-state index >= 15 is 0 Å². The van der Waals surface area contributed by atoms with Gasteiger partial charge in [-0.2, -0.15) is 0 Å². The van der Waals surface area contributed by atoms with Gasteiger partial charge in [0.25, 0.3) is 0 Å². The fourth-order valence-electron chi connectivity index (χ4n) is 1.71. The van der Waals surface area contributed by atoms with E-state index in [1.807, 2.05) is 19.9 Å². The van der Waals surface area contributed by atoms with E-state index in [0.717, 1.165) is 11.5 Å². The van der Waals surface area contributed by atoms with Crippen molar-refractivity contribution in [3.05, 3.63) is 20.6 Å². The minimum Gasteiger partial charge on any atom is -0.493 e. The average molecular weight is 362 g/mol. The molecule has 2 nitrogen and oxygen atoms in total. The lowest BCUT2D eigenvalue weighted by Crippen LogP contribution is -2.06. The summed E-state index contributed by atoms with van der Waals surface area (Å²) < 4.78 is 13.8. The standard InChI is InChI=1S/C13H15IO2S/c1-7(2)16-12-10(15-4)6-5-9-11(14)8(3)17-13(9)12/h5-7H,1-4H3. The van der Waals surface area contributed by atoms with Crippen LogP contribution in [0.15, 0.2) is 12.1 Å². The van der Waals surface area contributed by atoms with E-state index in [-0.39, 0.29) is 6.10 Å². The van der Waals surface area contributed by atoms with Gasteiger partial charge in [0.05, 0.1) is 17.9 Å². The highest BCUT2D eigenvalue weighted by molar-refractivity contribution is 14.1. The molecule has 1 aromatic heterocycles. The largest absolute Gasteiger partial charge is 0.493 e. The van der Waals surface area contributed by atoms with Gasteiger partial charge in [0.1, 0.15) is 0 Å². The monoisotopic (exact) mass is 362 g/mol. The predicted molar refractivity (Wildman–Crippen MR) is 81.6 cm³/mol. The maximum absolute atomic E-state index is 5.90. The van der Waals surface area contributed by atoms with Gasteiger partial charge >= 0.3 is 0 Å². The van der Waals surface area contributed by atoms with Crippen molar-refractivity contribution >= 4 is 44.0 Å². The van der Waals surface area contributed by atoms with Crippen molar-refractivity contribution in [3.8, 4) is 11.5 Å². The smallest absolute Gasteiger partial charge is 0.179 e. The second-order valence-electron chi connectivity index (χ2n) is 4.11. The molecule has 0 aliphatic heterocycles. The van der Waals surface area contributed by atoms with Crippen molar-refractivity contribution in [3.63, 3.8) is 0 Å². The van der Waals surface area contributed by atoms with Crippen molar-refractivity contribution in [1.29, 1.82) is 0 Å². The Morgan fingerprint density at radius 3 is 2.59 bits per heavy atom. The van der Waals surface area contributed by atoms with E-state index in [2.05, 4.69) is 35.6 Å². The Balaban J connectivity index is 2.69.